The molecule has 0 aliphatic rings. The molecular weight excluding hydrogens is 246 g/mol. The Morgan fingerprint density at radius 2 is 2.43 bits per heavy atom. The van der Waals surface area contributed by atoms with Gasteiger partial charge in [0.1, 0.15) is 5.69 Å². The predicted molar refractivity (Wildman–Crippen MR) is 58.5 cm³/mol. The molecule has 0 bridgehead atoms. The minimum absolute atomic E-state index is 0.109. The zero-order valence-electron chi connectivity index (χ0n) is 8.25. The number of carbonyl (C=O) groups excluding carboxylic acids is 1. The van der Waals surface area contributed by atoms with E-state index in [0.29, 0.717) is 11.6 Å². The molecule has 4 nitrogen and oxygen atoms in total. The summed E-state index contributed by atoms with van der Waals surface area (Å²) in [6.45, 7) is 4.06. The van der Waals surface area contributed by atoms with Crippen molar-refractivity contribution in [3.63, 3.8) is 0 Å². The van der Waals surface area contributed by atoms with Crippen molar-refractivity contribution in [1.82, 2.24) is 15.5 Å². The Morgan fingerprint density at radius 1 is 1.71 bits per heavy atom. The number of halogens is 1. The molecule has 0 saturated carbocycles. The molecule has 0 aliphatic heterocycles. The van der Waals surface area contributed by atoms with Crippen LogP contribution in [0.2, 0.25) is 0 Å². The van der Waals surface area contributed by atoms with Gasteiger partial charge in [-0.3, -0.25) is 9.89 Å². The molecule has 0 fully saturated rings. The highest BCUT2D eigenvalue weighted by Gasteiger charge is 2.15. The molecule has 1 aromatic heterocycles. The van der Waals surface area contributed by atoms with Gasteiger partial charge in [-0.15, -0.1) is 0 Å². The molecule has 0 spiro atoms. The van der Waals surface area contributed by atoms with Gasteiger partial charge in [-0.1, -0.05) is 22.9 Å². The number of hydrogen-bond acceptors (Lipinski definition) is 2. The Balaban J connectivity index is 2.49. The van der Waals surface area contributed by atoms with Crippen LogP contribution in [0.5, 0.6) is 0 Å². The normalized spacial score (nSPS) is 14.8. The maximum Gasteiger partial charge on any atom is 0.269 e. The number of aromatic amines is 1. The van der Waals surface area contributed by atoms with E-state index in [1.165, 1.54) is 0 Å². The van der Waals surface area contributed by atoms with Crippen LogP contribution in [0.1, 0.15) is 24.3 Å². The Hall–Kier alpha value is -0.840. The highest BCUT2D eigenvalue weighted by molar-refractivity contribution is 9.09. The zero-order chi connectivity index (χ0) is 10.6. The summed E-state index contributed by atoms with van der Waals surface area (Å²) < 4.78 is 0. The Labute approximate surface area is 91.6 Å². The topological polar surface area (TPSA) is 57.8 Å². The van der Waals surface area contributed by atoms with Crippen LogP contribution in [0.4, 0.5) is 0 Å². The maximum atomic E-state index is 11.5. The van der Waals surface area contributed by atoms with Crippen molar-refractivity contribution in [3.8, 4) is 0 Å². The first-order chi connectivity index (χ1) is 6.65. The molecule has 1 amide bonds. The molecule has 1 heterocycles. The fraction of sp³-hybridized carbons (Fsp3) is 0.556. The lowest BCUT2D eigenvalue weighted by Gasteiger charge is -2.18. The first-order valence-corrected chi connectivity index (χ1v) is 5.63. The molecular formula is C9H14BrN3O. The fourth-order valence-electron chi connectivity index (χ4n) is 0.943. The van der Waals surface area contributed by atoms with Crippen molar-refractivity contribution in [1.29, 1.82) is 0 Å². The molecule has 78 valence electrons. The number of rotatable bonds is 4. The van der Waals surface area contributed by atoms with Gasteiger partial charge in [0.05, 0.1) is 0 Å². The Kier molecular flexibility index (Phi) is 4.13. The molecule has 0 aromatic carbocycles. The van der Waals surface area contributed by atoms with Gasteiger partial charge in [0.25, 0.3) is 5.91 Å². The SMILES string of the molecule is CC(CBr)C(C)NC(=O)c1ccn[nH]1. The smallest absolute Gasteiger partial charge is 0.269 e. The van der Waals surface area contributed by atoms with Gasteiger partial charge in [-0.2, -0.15) is 5.10 Å². The van der Waals surface area contributed by atoms with Crippen molar-refractivity contribution in [3.05, 3.63) is 18.0 Å². The second-order valence-electron chi connectivity index (χ2n) is 3.36. The van der Waals surface area contributed by atoms with Gasteiger partial charge < -0.3 is 5.32 Å². The molecule has 1 aromatic rings. The lowest BCUT2D eigenvalue weighted by Crippen LogP contribution is -2.37. The fourth-order valence-corrected chi connectivity index (χ4v) is 1.50. The first kappa shape index (κ1) is 11.2. The third-order valence-electron chi connectivity index (χ3n) is 2.20. The molecule has 0 saturated heterocycles. The van der Waals surface area contributed by atoms with Gasteiger partial charge in [-0.25, -0.2) is 0 Å². The van der Waals surface area contributed by atoms with Gasteiger partial charge in [0, 0.05) is 17.6 Å². The molecule has 0 radical (unpaired) electrons. The van der Waals surface area contributed by atoms with Gasteiger partial charge in [0.2, 0.25) is 0 Å². The molecule has 2 atom stereocenters. The van der Waals surface area contributed by atoms with Crippen LogP contribution in [0, 0.1) is 5.92 Å². The van der Waals surface area contributed by atoms with Crippen molar-refractivity contribution in [2.24, 2.45) is 5.92 Å². The molecule has 14 heavy (non-hydrogen) atoms. The number of nitrogens with one attached hydrogen (secondary N) is 2. The number of amides is 1. The van der Waals surface area contributed by atoms with E-state index >= 15 is 0 Å². The van der Waals surface area contributed by atoms with Gasteiger partial charge in [0.15, 0.2) is 0 Å². The van der Waals surface area contributed by atoms with E-state index < -0.39 is 0 Å². The van der Waals surface area contributed by atoms with Crippen LogP contribution in [-0.4, -0.2) is 27.5 Å². The van der Waals surface area contributed by atoms with E-state index in [2.05, 4.69) is 38.4 Å². The second kappa shape index (κ2) is 5.14. The molecule has 2 N–H and O–H groups in total. The standard InChI is InChI=1S/C9H14BrN3O/c1-6(5-10)7(2)12-9(14)8-3-4-11-13-8/h3-4,6-7H,5H2,1-2H3,(H,11,13)(H,12,14). The lowest BCUT2D eigenvalue weighted by molar-refractivity contribution is 0.0926. The van der Waals surface area contributed by atoms with Crippen LogP contribution in [0.3, 0.4) is 0 Å². The molecule has 0 aliphatic carbocycles. The molecule has 5 heteroatoms. The maximum absolute atomic E-state index is 11.5. The van der Waals surface area contributed by atoms with E-state index in [9.17, 15) is 4.79 Å². The quantitative estimate of drug-likeness (QED) is 0.807. The minimum atomic E-state index is -0.109. The van der Waals surface area contributed by atoms with Crippen molar-refractivity contribution in [2.75, 3.05) is 5.33 Å². The second-order valence-corrected chi connectivity index (χ2v) is 4.01. The minimum Gasteiger partial charge on any atom is -0.348 e. The summed E-state index contributed by atoms with van der Waals surface area (Å²) in [5.41, 5.74) is 0.499. The number of alkyl halides is 1. The molecule has 2 unspecified atom stereocenters. The Morgan fingerprint density at radius 3 is 2.93 bits per heavy atom. The van der Waals surface area contributed by atoms with E-state index in [1.54, 1.807) is 12.3 Å². The summed E-state index contributed by atoms with van der Waals surface area (Å²) in [6, 6.07) is 1.80. The van der Waals surface area contributed by atoms with Crippen molar-refractivity contribution < 1.29 is 4.79 Å². The third kappa shape index (κ3) is 2.83. The summed E-state index contributed by atoms with van der Waals surface area (Å²) in [5, 5.41) is 10.1. The predicted octanol–water partition coefficient (Wildman–Crippen LogP) is 1.56. The number of H-pyrrole nitrogens is 1. The van der Waals surface area contributed by atoms with Crippen molar-refractivity contribution in [2.45, 2.75) is 19.9 Å². The van der Waals surface area contributed by atoms with Crippen LogP contribution in [0.15, 0.2) is 12.3 Å². The number of aromatic nitrogens is 2. The number of hydrogen-bond donors (Lipinski definition) is 2. The van der Waals surface area contributed by atoms with E-state index in [4.69, 9.17) is 0 Å². The average molecular weight is 260 g/mol. The zero-order valence-corrected chi connectivity index (χ0v) is 9.84. The largest absolute Gasteiger partial charge is 0.348 e. The van der Waals surface area contributed by atoms with Crippen LogP contribution < -0.4 is 5.32 Å². The van der Waals surface area contributed by atoms with E-state index in [1.807, 2.05) is 6.92 Å². The summed E-state index contributed by atoms with van der Waals surface area (Å²) in [5.74, 6) is 0.296. The van der Waals surface area contributed by atoms with Gasteiger partial charge in [-0.05, 0) is 18.9 Å². The number of carbonyl (C=O) groups is 1. The number of nitrogens with zero attached hydrogens (tertiary/aromatic N) is 1. The van der Waals surface area contributed by atoms with E-state index in [0.717, 1.165) is 5.33 Å². The highest BCUT2D eigenvalue weighted by Crippen LogP contribution is 2.06. The van der Waals surface area contributed by atoms with Gasteiger partial charge >= 0.3 is 0 Å². The first-order valence-electron chi connectivity index (χ1n) is 4.51. The summed E-state index contributed by atoms with van der Waals surface area (Å²) in [6.07, 6.45) is 1.56. The molecule has 1 rings (SSSR count). The third-order valence-corrected chi connectivity index (χ3v) is 3.22. The monoisotopic (exact) mass is 259 g/mol. The summed E-state index contributed by atoms with van der Waals surface area (Å²) >= 11 is 3.38. The average Bonchev–Trinajstić information content (AvgIpc) is 2.69. The Bertz CT molecular complexity index is 286. The lowest BCUT2D eigenvalue weighted by atomic mass is 10.1. The highest BCUT2D eigenvalue weighted by atomic mass is 79.9. The van der Waals surface area contributed by atoms with Crippen LogP contribution >= 0.6 is 15.9 Å². The van der Waals surface area contributed by atoms with Crippen LogP contribution in [0.25, 0.3) is 0 Å². The van der Waals surface area contributed by atoms with Crippen molar-refractivity contribution >= 4 is 21.8 Å². The summed E-state index contributed by atoms with van der Waals surface area (Å²) in [4.78, 5) is 11.5. The summed E-state index contributed by atoms with van der Waals surface area (Å²) in [7, 11) is 0. The van der Waals surface area contributed by atoms with Crippen LogP contribution in [-0.2, 0) is 0 Å². The van der Waals surface area contributed by atoms with E-state index in [-0.39, 0.29) is 11.9 Å².